The average Bonchev–Trinajstić information content (AvgIpc) is 1.75. The lowest BCUT2D eigenvalue weighted by Crippen LogP contribution is -2.52. The zero-order chi connectivity index (χ0) is 94.8. The predicted octanol–water partition coefficient (Wildman–Crippen LogP) is 6.40. The molecule has 0 unspecified atom stereocenters. The Morgan fingerprint density at radius 2 is 0.867 bits per heavy atom. The molecule has 2 saturated heterocycles. The maximum absolute atomic E-state index is 13.0. The SMILES string of the molecule is CC(=O)N[C@@H](CCC(=O)OCc1ccccc1)C(=O)CCN[C@H](CCC(=O)OCc1ccccc1)C(=O)NCCOCCOCCN=[N+]=[N-].CC(=O)OC(C)=O.CN(C)c1ccncc1.O=C(CC[C@@H]1NC(=O)OC1=O)OCc1ccccc1.O=C(CC[C@H]1NC(=O)OC1=O)OCc1ccccc1.O=C([O-])C(F)(F)F.[N-]=[N+]=NCCOCCOCC[NH3+].c1ccncc1. The summed E-state index contributed by atoms with van der Waals surface area (Å²) in [6, 6.07) is 43.4. The number of carboxylic acid groups (broad SMARTS) is 1. The van der Waals surface area contributed by atoms with Crippen molar-refractivity contribution in [1.82, 2.24) is 36.6 Å². The Bertz CT molecular complexity index is 4200. The number of nitrogens with zero attached hydrogens (tertiary/aromatic N) is 9. The fourth-order valence-corrected chi connectivity index (χ4v) is 9.46. The van der Waals surface area contributed by atoms with E-state index in [0.717, 1.165) is 28.8 Å². The number of carbonyl (C=O) groups is 14. The van der Waals surface area contributed by atoms with E-state index in [0.29, 0.717) is 39.6 Å². The Hall–Kier alpha value is -13.9. The highest BCUT2D eigenvalue weighted by molar-refractivity contribution is 5.96. The van der Waals surface area contributed by atoms with Crippen molar-refractivity contribution in [3.05, 3.63) is 220 Å². The number of aliphatic carboxylic acids is 1. The first-order chi connectivity index (χ1) is 61.4. The fourth-order valence-electron chi connectivity index (χ4n) is 9.46. The van der Waals surface area contributed by atoms with Crippen LogP contribution in [0.4, 0.5) is 28.4 Å². The van der Waals surface area contributed by atoms with Crippen molar-refractivity contribution in [2.75, 3.05) is 105 Å². The molecule has 2 aliphatic heterocycles. The summed E-state index contributed by atoms with van der Waals surface area (Å²) >= 11 is 0. The van der Waals surface area contributed by atoms with Crippen molar-refractivity contribution in [2.45, 2.75) is 135 Å². The van der Waals surface area contributed by atoms with Gasteiger partial charge in [0.2, 0.25) is 11.8 Å². The minimum Gasteiger partial charge on any atom is -0.542 e. The molecule has 0 saturated carbocycles. The molecule has 6 aromatic rings. The molecule has 8 rings (SSSR count). The highest BCUT2D eigenvalue weighted by Gasteiger charge is 2.34. The van der Waals surface area contributed by atoms with E-state index in [4.69, 9.17) is 58.9 Å². The van der Waals surface area contributed by atoms with Gasteiger partial charge in [0.25, 0.3) is 0 Å². The van der Waals surface area contributed by atoms with E-state index in [-0.39, 0.29) is 129 Å². The van der Waals surface area contributed by atoms with Crippen LogP contribution >= 0.6 is 0 Å². The lowest BCUT2D eigenvalue weighted by atomic mass is 10.0. The lowest BCUT2D eigenvalue weighted by molar-refractivity contribution is -0.374. The van der Waals surface area contributed by atoms with E-state index >= 15 is 0 Å². The molecule has 2 aliphatic rings. The molecule has 4 aromatic carbocycles. The van der Waals surface area contributed by atoms with Crippen molar-refractivity contribution < 1.29 is 143 Å². The number of quaternary nitrogens is 1. The van der Waals surface area contributed by atoms with Crippen LogP contribution < -0.4 is 42.3 Å². The van der Waals surface area contributed by atoms with Crippen molar-refractivity contribution in [3.8, 4) is 0 Å². The summed E-state index contributed by atoms with van der Waals surface area (Å²) < 4.78 is 85.7. The normalized spacial score (nSPS) is 12.7. The molecule has 4 atom stereocenters. The maximum atomic E-state index is 13.0. The number of anilines is 1. The van der Waals surface area contributed by atoms with Gasteiger partial charge in [-0.3, -0.25) is 53.1 Å². The number of ether oxygens (including phenoxy) is 11. The number of hydrogen-bond donors (Lipinski definition) is 6. The molecule has 8 N–H and O–H groups in total. The van der Waals surface area contributed by atoms with Crippen LogP contribution in [0.3, 0.4) is 0 Å². The molecule has 696 valence electrons. The van der Waals surface area contributed by atoms with Crippen LogP contribution in [0, 0.1) is 0 Å². The quantitative estimate of drug-likeness (QED) is 0.00458. The van der Waals surface area contributed by atoms with E-state index in [1.807, 2.05) is 171 Å². The van der Waals surface area contributed by atoms with Gasteiger partial charge in [-0.15, -0.1) is 0 Å². The molecule has 41 nitrogen and oxygen atoms in total. The van der Waals surface area contributed by atoms with Gasteiger partial charge in [-0.1, -0.05) is 138 Å². The van der Waals surface area contributed by atoms with Gasteiger partial charge in [0.15, 0.2) is 5.78 Å². The fraction of sp³-hybridized carbons (Fsp3) is 0.429. The summed E-state index contributed by atoms with van der Waals surface area (Å²) in [6.45, 7) is 9.21. The van der Waals surface area contributed by atoms with E-state index in [2.05, 4.69) is 76.5 Å². The highest BCUT2D eigenvalue weighted by atomic mass is 19.4. The van der Waals surface area contributed by atoms with Crippen LogP contribution in [0.25, 0.3) is 20.9 Å². The number of esters is 8. The first-order valence-corrected chi connectivity index (χ1v) is 39.5. The third kappa shape index (κ3) is 62.3. The molecule has 0 bridgehead atoms. The summed E-state index contributed by atoms with van der Waals surface area (Å²) in [5.41, 5.74) is 24.4. The van der Waals surface area contributed by atoms with Gasteiger partial charge in [0, 0.05) is 133 Å². The number of aromatic nitrogens is 2. The van der Waals surface area contributed by atoms with E-state index in [1.165, 1.54) is 26.5 Å². The Kier molecular flexibility index (Phi) is 62.6. The Balaban J connectivity index is 0.000000844. The zero-order valence-electron chi connectivity index (χ0n) is 71.4. The van der Waals surface area contributed by atoms with E-state index in [1.54, 1.807) is 24.8 Å². The number of hydrogen-bond acceptors (Lipinski definition) is 32. The van der Waals surface area contributed by atoms with Crippen LogP contribution in [0.1, 0.15) is 101 Å². The molecule has 4 amide bonds. The van der Waals surface area contributed by atoms with Crippen LogP contribution in [0.5, 0.6) is 0 Å². The Morgan fingerprint density at radius 1 is 0.508 bits per heavy atom. The Morgan fingerprint density at radius 3 is 1.17 bits per heavy atom. The number of carbonyl (C=O) groups excluding carboxylic acids is 14. The number of nitrogens with one attached hydrogen (secondary N) is 5. The number of benzene rings is 4. The summed E-state index contributed by atoms with van der Waals surface area (Å²) in [5, 5.41) is 28.5. The molecule has 2 aromatic heterocycles. The van der Waals surface area contributed by atoms with Crippen LogP contribution in [0.15, 0.2) is 187 Å². The minimum atomic E-state index is -5.19. The second-order valence-electron chi connectivity index (χ2n) is 26.0. The van der Waals surface area contributed by atoms with Crippen molar-refractivity contribution in [2.24, 2.45) is 10.2 Å². The summed E-state index contributed by atoms with van der Waals surface area (Å²) in [6.07, 6.45) is 0.792. The largest absolute Gasteiger partial charge is 0.542 e. The van der Waals surface area contributed by atoms with Gasteiger partial charge in [0.05, 0.1) is 71.5 Å². The monoisotopic (exact) mass is 1800 g/mol. The average molecular weight is 1800 g/mol. The number of carboxylic acids is 1. The molecule has 4 heterocycles. The smallest absolute Gasteiger partial charge is 0.430 e. The standard InChI is InChI=1S/C34H46N6O9.2C13H13NO5.C7H10N2.C6H14N4O2.C5H5N.C4H6O3.C2HF3O2/c1-26(41)39-29(12-14-32(43)48-24-27-8-4-2-5-9-27)31(42)16-17-36-30(13-15-33(44)49-25-28-10-6-3-7-11-28)34(45)37-18-20-46-22-23-47-21-19-38-40-35;2*15-11(18-8-9-4-2-1-3-5-9)7-6-10-12(16)19-13(17)14-10;1-9(2)7-3-5-8-6-4-7;7-1-3-11-5-6-12-4-2-9-10-8;1-2-4-6-5-3-1;1-3(5)7-4(2)6;3-2(4,5)1(6)7/h2-11,29-30,36H,12-25H2,1H3,(H,37,45)(H,39,41);2*1-5,10H,6-8H2,(H,14,17);3-6H,1-2H3;1-7H2;1-5H;1-2H3;(H,6,7)/t29-,30+;2*10-;;;;;/m010...../s1. The molecule has 0 aliphatic carbocycles. The predicted molar refractivity (Wildman–Crippen MR) is 446 cm³/mol. The maximum Gasteiger partial charge on any atom is 0.430 e. The number of azide groups is 2. The number of cyclic esters (lactones) is 4. The molecular formula is C84H108F3N15O26. The van der Waals surface area contributed by atoms with E-state index in [9.17, 15) is 75.5 Å². The number of alkyl carbamates (subject to hydrolysis) is 2. The number of pyridine rings is 2. The van der Waals surface area contributed by atoms with Crippen molar-refractivity contribution >= 4 is 89.2 Å². The third-order valence-corrected chi connectivity index (χ3v) is 15.5. The number of alkyl halides is 3. The second-order valence-corrected chi connectivity index (χ2v) is 26.0. The number of halogens is 3. The van der Waals surface area contributed by atoms with Gasteiger partial charge < -0.3 is 99.2 Å². The van der Waals surface area contributed by atoms with Gasteiger partial charge in [-0.05, 0) is 83.3 Å². The van der Waals surface area contributed by atoms with Crippen LogP contribution in [-0.2, 0) is 136 Å². The van der Waals surface area contributed by atoms with Gasteiger partial charge in [-0.25, -0.2) is 19.2 Å². The summed E-state index contributed by atoms with van der Waals surface area (Å²) in [4.78, 5) is 173. The first kappa shape index (κ1) is 112. The second kappa shape index (κ2) is 71.4. The number of rotatable bonds is 45. The number of Topliss-reactive ketones (excluding diaryl/α,β-unsaturated/α-hetero) is 1. The molecule has 0 spiro atoms. The van der Waals surface area contributed by atoms with Gasteiger partial charge >= 0.3 is 66.1 Å². The van der Waals surface area contributed by atoms with Gasteiger partial charge in [0.1, 0.15) is 44.5 Å². The van der Waals surface area contributed by atoms with Crippen LogP contribution in [0.2, 0.25) is 0 Å². The van der Waals surface area contributed by atoms with Crippen molar-refractivity contribution in [3.63, 3.8) is 0 Å². The molecule has 0 radical (unpaired) electrons. The molecule has 2 fully saturated rings. The number of amides is 4. The number of ketones is 1. The summed E-state index contributed by atoms with van der Waals surface area (Å²) in [7, 11) is 4.02. The first-order valence-electron chi connectivity index (χ1n) is 39.5. The van der Waals surface area contributed by atoms with Crippen molar-refractivity contribution in [1.29, 1.82) is 0 Å². The summed E-state index contributed by atoms with van der Waals surface area (Å²) in [5.74, 6) is -8.38. The highest BCUT2D eigenvalue weighted by Crippen LogP contribution is 2.15. The van der Waals surface area contributed by atoms with E-state index < -0.39 is 108 Å². The topological polar surface area (TPSA) is 578 Å². The van der Waals surface area contributed by atoms with Gasteiger partial charge in [-0.2, -0.15) is 13.2 Å². The zero-order valence-corrected chi connectivity index (χ0v) is 71.4. The lowest BCUT2D eigenvalue weighted by Gasteiger charge is -2.20. The van der Waals surface area contributed by atoms with Crippen LogP contribution in [-0.4, -0.2) is 223 Å². The minimum absolute atomic E-state index is 0.0465. The molecule has 128 heavy (non-hydrogen) atoms. The third-order valence-electron chi connectivity index (χ3n) is 15.5. The molecule has 44 heteroatoms. The molecular weight excluding hydrogens is 1690 g/mol. The Labute approximate surface area is 735 Å².